The molecular weight excluding hydrogens is 244 g/mol. The molecule has 0 unspecified atom stereocenters. The van der Waals surface area contributed by atoms with Crippen LogP contribution in [-0.2, 0) is 6.61 Å². The molecule has 102 valence electrons. The molecule has 0 aliphatic carbocycles. The average molecular weight is 261 g/mol. The van der Waals surface area contributed by atoms with Gasteiger partial charge in [0.15, 0.2) is 0 Å². The van der Waals surface area contributed by atoms with Crippen molar-refractivity contribution >= 4 is 0 Å². The average Bonchev–Trinajstić information content (AvgIpc) is 2.28. The van der Waals surface area contributed by atoms with E-state index in [0.717, 1.165) is 12.8 Å². The highest BCUT2D eigenvalue weighted by atomic mass is 19.3. The lowest BCUT2D eigenvalue weighted by atomic mass is 10.2. The summed E-state index contributed by atoms with van der Waals surface area (Å²) in [5.41, 5.74) is 0.645. The number of nitrogens with zero attached hydrogens (tertiary/aromatic N) is 1. The van der Waals surface area contributed by atoms with E-state index >= 15 is 0 Å². The summed E-state index contributed by atoms with van der Waals surface area (Å²) in [6, 6.07) is 1.35. The molecule has 4 nitrogen and oxygen atoms in total. The standard InChI is InChI=1S/C12H17F2NO3/c1-3-4-5-17-11-9(7-16)10(18-12(13)14)6-8(2)15-11/h6,12,16H,3-5,7H2,1-2H3. The van der Waals surface area contributed by atoms with Crippen LogP contribution in [0.3, 0.4) is 0 Å². The van der Waals surface area contributed by atoms with Crippen molar-refractivity contribution in [2.75, 3.05) is 6.61 Å². The molecule has 0 aromatic carbocycles. The molecule has 0 saturated heterocycles. The second-order valence-corrected chi connectivity index (χ2v) is 3.78. The first kappa shape index (κ1) is 14.6. The van der Waals surface area contributed by atoms with Crippen LogP contribution in [0.2, 0.25) is 0 Å². The first-order chi connectivity index (χ1) is 8.58. The van der Waals surface area contributed by atoms with Gasteiger partial charge in [-0.1, -0.05) is 13.3 Å². The predicted octanol–water partition coefficient (Wildman–Crippen LogP) is 2.66. The Balaban J connectivity index is 2.96. The fraction of sp³-hybridized carbons (Fsp3) is 0.583. The van der Waals surface area contributed by atoms with Crippen molar-refractivity contribution in [2.45, 2.75) is 39.9 Å². The Morgan fingerprint density at radius 2 is 2.17 bits per heavy atom. The second kappa shape index (κ2) is 7.10. The molecule has 0 aliphatic heterocycles. The Hall–Kier alpha value is -1.43. The van der Waals surface area contributed by atoms with Crippen LogP contribution in [0.15, 0.2) is 6.07 Å². The zero-order valence-corrected chi connectivity index (χ0v) is 10.4. The molecule has 1 rings (SSSR count). The molecule has 1 aromatic rings. The molecule has 0 fully saturated rings. The third-order valence-corrected chi connectivity index (χ3v) is 2.28. The van der Waals surface area contributed by atoms with E-state index in [1.165, 1.54) is 6.07 Å². The highest BCUT2D eigenvalue weighted by Crippen LogP contribution is 2.29. The van der Waals surface area contributed by atoms with Crippen molar-refractivity contribution in [1.29, 1.82) is 0 Å². The first-order valence-corrected chi connectivity index (χ1v) is 5.77. The van der Waals surface area contributed by atoms with E-state index in [1.54, 1.807) is 6.92 Å². The van der Waals surface area contributed by atoms with Crippen LogP contribution in [0, 0.1) is 6.92 Å². The number of halogens is 2. The minimum absolute atomic E-state index is 0.0912. The van der Waals surface area contributed by atoms with E-state index < -0.39 is 13.2 Å². The van der Waals surface area contributed by atoms with E-state index in [1.807, 2.05) is 6.92 Å². The fourth-order valence-electron chi connectivity index (χ4n) is 1.42. The van der Waals surface area contributed by atoms with Gasteiger partial charge in [0.1, 0.15) is 5.75 Å². The summed E-state index contributed by atoms with van der Waals surface area (Å²) in [7, 11) is 0. The summed E-state index contributed by atoms with van der Waals surface area (Å²) in [5.74, 6) is 0.0631. The molecule has 1 aromatic heterocycles. The number of unbranched alkanes of at least 4 members (excludes halogenated alkanes) is 1. The molecule has 0 aliphatic rings. The minimum Gasteiger partial charge on any atom is -0.477 e. The highest BCUT2D eigenvalue weighted by Gasteiger charge is 2.16. The van der Waals surface area contributed by atoms with E-state index in [4.69, 9.17) is 4.74 Å². The molecule has 0 spiro atoms. The number of aromatic nitrogens is 1. The SMILES string of the molecule is CCCCOc1nc(C)cc(OC(F)F)c1CO. The quantitative estimate of drug-likeness (QED) is 0.767. The first-order valence-electron chi connectivity index (χ1n) is 5.77. The molecular formula is C12H17F2NO3. The Morgan fingerprint density at radius 1 is 1.44 bits per heavy atom. The second-order valence-electron chi connectivity index (χ2n) is 3.78. The zero-order chi connectivity index (χ0) is 13.5. The zero-order valence-electron chi connectivity index (χ0n) is 10.4. The van der Waals surface area contributed by atoms with Gasteiger partial charge in [0.25, 0.3) is 0 Å². The van der Waals surface area contributed by atoms with Gasteiger partial charge in [0.05, 0.1) is 18.8 Å². The van der Waals surface area contributed by atoms with Crippen molar-refractivity contribution in [2.24, 2.45) is 0 Å². The summed E-state index contributed by atoms with van der Waals surface area (Å²) in [4.78, 5) is 4.08. The van der Waals surface area contributed by atoms with Crippen molar-refractivity contribution in [1.82, 2.24) is 4.98 Å². The number of hydrogen-bond donors (Lipinski definition) is 1. The van der Waals surface area contributed by atoms with Crippen LogP contribution in [0.25, 0.3) is 0 Å². The number of rotatable bonds is 7. The Kier molecular flexibility index (Phi) is 5.77. The highest BCUT2D eigenvalue weighted by molar-refractivity contribution is 5.41. The van der Waals surface area contributed by atoms with Gasteiger partial charge in [-0.25, -0.2) is 4.98 Å². The van der Waals surface area contributed by atoms with E-state index in [9.17, 15) is 13.9 Å². The molecule has 6 heteroatoms. The van der Waals surface area contributed by atoms with E-state index in [-0.39, 0.29) is 17.2 Å². The minimum atomic E-state index is -2.94. The lowest BCUT2D eigenvalue weighted by Crippen LogP contribution is -2.09. The van der Waals surface area contributed by atoms with Crippen molar-refractivity contribution in [3.63, 3.8) is 0 Å². The van der Waals surface area contributed by atoms with Crippen molar-refractivity contribution in [3.8, 4) is 11.6 Å². The van der Waals surface area contributed by atoms with Crippen LogP contribution in [0.5, 0.6) is 11.6 Å². The predicted molar refractivity (Wildman–Crippen MR) is 61.9 cm³/mol. The number of pyridine rings is 1. The fourth-order valence-corrected chi connectivity index (χ4v) is 1.42. The number of aliphatic hydroxyl groups excluding tert-OH is 1. The van der Waals surface area contributed by atoms with E-state index in [0.29, 0.717) is 12.3 Å². The van der Waals surface area contributed by atoms with Crippen LogP contribution in [-0.4, -0.2) is 23.3 Å². The number of ether oxygens (including phenoxy) is 2. The summed E-state index contributed by atoms with van der Waals surface area (Å²) < 4.78 is 34.2. The van der Waals surface area contributed by atoms with Gasteiger partial charge >= 0.3 is 6.61 Å². The summed E-state index contributed by atoms with van der Waals surface area (Å²) >= 11 is 0. The lowest BCUT2D eigenvalue weighted by Gasteiger charge is -2.14. The number of hydrogen-bond acceptors (Lipinski definition) is 4. The van der Waals surface area contributed by atoms with Gasteiger partial charge in [-0.3, -0.25) is 0 Å². The Morgan fingerprint density at radius 3 is 2.72 bits per heavy atom. The third kappa shape index (κ3) is 4.10. The van der Waals surface area contributed by atoms with Crippen LogP contribution < -0.4 is 9.47 Å². The Labute approximate surface area is 105 Å². The maximum absolute atomic E-state index is 12.2. The van der Waals surface area contributed by atoms with Crippen molar-refractivity contribution in [3.05, 3.63) is 17.3 Å². The van der Waals surface area contributed by atoms with Gasteiger partial charge in [-0.2, -0.15) is 8.78 Å². The molecule has 1 heterocycles. The maximum atomic E-state index is 12.2. The topological polar surface area (TPSA) is 51.6 Å². The monoisotopic (exact) mass is 261 g/mol. The van der Waals surface area contributed by atoms with Crippen LogP contribution >= 0.6 is 0 Å². The van der Waals surface area contributed by atoms with Gasteiger partial charge in [-0.05, 0) is 13.3 Å². The van der Waals surface area contributed by atoms with E-state index in [2.05, 4.69) is 9.72 Å². The molecule has 0 bridgehead atoms. The smallest absolute Gasteiger partial charge is 0.387 e. The third-order valence-electron chi connectivity index (χ3n) is 2.28. The summed E-state index contributed by atoms with van der Waals surface area (Å²) in [5, 5.41) is 9.21. The molecule has 0 saturated carbocycles. The summed E-state index contributed by atoms with van der Waals surface area (Å²) in [6.45, 7) is 0.670. The van der Waals surface area contributed by atoms with Crippen LogP contribution in [0.1, 0.15) is 31.0 Å². The van der Waals surface area contributed by atoms with Crippen LogP contribution in [0.4, 0.5) is 8.78 Å². The van der Waals surface area contributed by atoms with Gasteiger partial charge in [-0.15, -0.1) is 0 Å². The molecule has 18 heavy (non-hydrogen) atoms. The number of alkyl halides is 2. The summed E-state index contributed by atoms with van der Waals surface area (Å²) in [6.07, 6.45) is 1.77. The number of aryl methyl sites for hydroxylation is 1. The van der Waals surface area contributed by atoms with Gasteiger partial charge in [0.2, 0.25) is 5.88 Å². The van der Waals surface area contributed by atoms with Gasteiger partial charge < -0.3 is 14.6 Å². The normalized spacial score (nSPS) is 10.8. The molecule has 0 radical (unpaired) electrons. The van der Waals surface area contributed by atoms with Gasteiger partial charge in [0, 0.05) is 11.8 Å². The Bertz CT molecular complexity index is 386. The largest absolute Gasteiger partial charge is 0.477 e. The van der Waals surface area contributed by atoms with Crippen molar-refractivity contribution < 1.29 is 23.4 Å². The maximum Gasteiger partial charge on any atom is 0.387 e. The molecule has 0 atom stereocenters. The lowest BCUT2D eigenvalue weighted by molar-refractivity contribution is -0.0512. The molecule has 0 amide bonds. The number of aliphatic hydroxyl groups is 1. The molecule has 1 N–H and O–H groups in total.